The Morgan fingerprint density at radius 2 is 1.74 bits per heavy atom. The quantitative estimate of drug-likeness (QED) is 0.361. The number of nitrogens with zero attached hydrogens (tertiary/aromatic N) is 3. The molecule has 2 heterocycles. The van der Waals surface area contributed by atoms with Gasteiger partial charge in [0.25, 0.3) is 10.0 Å². The van der Waals surface area contributed by atoms with Crippen LogP contribution >= 0.6 is 0 Å². The number of nitrogens with two attached hydrogens (primary N) is 1. The fourth-order valence-corrected chi connectivity index (χ4v) is 5.55. The molecule has 1 aliphatic heterocycles. The van der Waals surface area contributed by atoms with Crippen LogP contribution in [0.25, 0.3) is 11.3 Å². The highest BCUT2D eigenvalue weighted by Crippen LogP contribution is 2.30. The second kappa shape index (κ2) is 11.9. The third-order valence-electron chi connectivity index (χ3n) is 6.59. The van der Waals surface area contributed by atoms with Gasteiger partial charge in [0.05, 0.1) is 22.7 Å². The molecule has 2 aromatic carbocycles. The Balaban J connectivity index is 1.70. The SMILES string of the molecule is Cc1cccc(C)c1-c1cc(OC2CN(C(=O)OC(C)(C)C)CCC2N)nc(NS(=O)(=O)c2cccc(C(=O)O)c2)n1. The molecule has 1 saturated heterocycles. The number of rotatable bonds is 7. The molecule has 12 nitrogen and oxygen atoms in total. The topological polar surface area (TPSA) is 174 Å². The number of anilines is 1. The maximum Gasteiger partial charge on any atom is 0.410 e. The molecule has 4 N–H and O–H groups in total. The van der Waals surface area contributed by atoms with E-state index in [0.29, 0.717) is 18.7 Å². The van der Waals surface area contributed by atoms with Crippen LogP contribution in [0.15, 0.2) is 53.4 Å². The molecule has 4 rings (SSSR count). The van der Waals surface area contributed by atoms with Crippen molar-refractivity contribution in [3.8, 4) is 17.1 Å². The maximum absolute atomic E-state index is 13.2. The van der Waals surface area contributed by atoms with Gasteiger partial charge >= 0.3 is 12.1 Å². The van der Waals surface area contributed by atoms with Crippen molar-refractivity contribution in [2.75, 3.05) is 17.8 Å². The van der Waals surface area contributed by atoms with E-state index in [1.54, 1.807) is 26.8 Å². The van der Waals surface area contributed by atoms with Crippen molar-refractivity contribution in [3.63, 3.8) is 0 Å². The number of carbonyl (C=O) groups excluding carboxylic acids is 1. The first-order chi connectivity index (χ1) is 19.6. The van der Waals surface area contributed by atoms with Gasteiger partial charge in [-0.3, -0.25) is 0 Å². The molecule has 0 bridgehead atoms. The number of carbonyl (C=O) groups is 2. The van der Waals surface area contributed by atoms with Crippen molar-refractivity contribution in [1.29, 1.82) is 0 Å². The summed E-state index contributed by atoms with van der Waals surface area (Å²) in [6, 6.07) is 11.8. The lowest BCUT2D eigenvalue weighted by Gasteiger charge is -2.37. The molecular weight excluding hydrogens is 562 g/mol. The summed E-state index contributed by atoms with van der Waals surface area (Å²) in [7, 11) is -4.27. The summed E-state index contributed by atoms with van der Waals surface area (Å²) in [6.07, 6.45) is -0.694. The second-order valence-electron chi connectivity index (χ2n) is 11.2. The van der Waals surface area contributed by atoms with Gasteiger partial charge in [0, 0.05) is 24.2 Å². The van der Waals surface area contributed by atoms with Crippen LogP contribution in [0.3, 0.4) is 0 Å². The van der Waals surface area contributed by atoms with E-state index in [0.717, 1.165) is 22.8 Å². The van der Waals surface area contributed by atoms with Gasteiger partial charge in [-0.2, -0.15) is 4.98 Å². The summed E-state index contributed by atoms with van der Waals surface area (Å²) >= 11 is 0. The second-order valence-corrected chi connectivity index (χ2v) is 12.8. The number of aromatic carboxylic acids is 1. The minimum Gasteiger partial charge on any atom is -0.478 e. The predicted octanol–water partition coefficient (Wildman–Crippen LogP) is 3.97. The normalized spacial score (nSPS) is 17.4. The zero-order chi connectivity index (χ0) is 30.8. The van der Waals surface area contributed by atoms with Crippen LogP contribution in [0.4, 0.5) is 10.7 Å². The molecule has 42 heavy (non-hydrogen) atoms. The number of sulfonamides is 1. The number of amides is 1. The smallest absolute Gasteiger partial charge is 0.410 e. The molecule has 0 spiro atoms. The minimum atomic E-state index is -4.27. The molecular formula is C29H35N5O7S. The monoisotopic (exact) mass is 597 g/mol. The summed E-state index contributed by atoms with van der Waals surface area (Å²) in [6.45, 7) is 9.70. The molecule has 2 atom stereocenters. The zero-order valence-electron chi connectivity index (χ0n) is 24.1. The van der Waals surface area contributed by atoms with Crippen molar-refractivity contribution in [2.24, 2.45) is 5.73 Å². The standard InChI is InChI=1S/C29H35N5O7S/c1-17-8-6-9-18(2)25(17)22-15-24(40-23-16-34(13-12-21(23)30)28(37)41-29(3,4)5)32-27(31-22)33-42(38,39)20-11-7-10-19(14-20)26(35)36/h6-11,14-15,21,23H,12-13,16,30H2,1-5H3,(H,35,36)(H,31,32,33). The number of carboxylic acids is 1. The number of hydrogen-bond donors (Lipinski definition) is 3. The highest BCUT2D eigenvalue weighted by Gasteiger charge is 2.34. The van der Waals surface area contributed by atoms with Gasteiger partial charge in [0.2, 0.25) is 11.8 Å². The Morgan fingerprint density at radius 3 is 2.38 bits per heavy atom. The summed E-state index contributed by atoms with van der Waals surface area (Å²) in [5, 5.41) is 9.30. The molecule has 0 radical (unpaired) electrons. The molecule has 1 amide bonds. The largest absolute Gasteiger partial charge is 0.478 e. The number of ether oxygens (including phenoxy) is 2. The number of likely N-dealkylation sites (tertiary alicyclic amines) is 1. The number of piperidine rings is 1. The average molecular weight is 598 g/mol. The lowest BCUT2D eigenvalue weighted by Crippen LogP contribution is -2.55. The number of carboxylic acid groups (broad SMARTS) is 1. The van der Waals surface area contributed by atoms with Crippen LogP contribution in [0.5, 0.6) is 5.88 Å². The van der Waals surface area contributed by atoms with E-state index in [4.69, 9.17) is 15.2 Å². The van der Waals surface area contributed by atoms with E-state index in [9.17, 15) is 23.1 Å². The van der Waals surface area contributed by atoms with Crippen LogP contribution in [0.2, 0.25) is 0 Å². The minimum absolute atomic E-state index is 0.0473. The van der Waals surface area contributed by atoms with E-state index in [2.05, 4.69) is 14.7 Å². The van der Waals surface area contributed by atoms with Crippen molar-refractivity contribution < 1.29 is 32.6 Å². The predicted molar refractivity (Wildman–Crippen MR) is 156 cm³/mol. The summed E-state index contributed by atoms with van der Waals surface area (Å²) in [4.78, 5) is 34.2. The van der Waals surface area contributed by atoms with E-state index < -0.39 is 39.8 Å². The van der Waals surface area contributed by atoms with Gasteiger partial charge in [-0.1, -0.05) is 24.3 Å². The first-order valence-corrected chi connectivity index (χ1v) is 14.8. The number of benzene rings is 2. The Kier molecular flexibility index (Phi) is 8.73. The number of nitrogens with one attached hydrogen (secondary N) is 1. The summed E-state index contributed by atoms with van der Waals surface area (Å²) in [5.41, 5.74) is 8.47. The Labute approximate surface area is 244 Å². The van der Waals surface area contributed by atoms with Crippen molar-refractivity contribution >= 4 is 28.0 Å². The Hall–Kier alpha value is -4.23. The van der Waals surface area contributed by atoms with E-state index in [-0.39, 0.29) is 28.8 Å². The van der Waals surface area contributed by atoms with Crippen molar-refractivity contribution in [1.82, 2.24) is 14.9 Å². The molecule has 13 heteroatoms. The van der Waals surface area contributed by atoms with Crippen LogP contribution < -0.4 is 15.2 Å². The van der Waals surface area contributed by atoms with E-state index >= 15 is 0 Å². The molecule has 1 fully saturated rings. The van der Waals surface area contributed by atoms with Gasteiger partial charge in [-0.05, 0) is 70.4 Å². The molecule has 3 aromatic rings. The lowest BCUT2D eigenvalue weighted by atomic mass is 10.00. The number of hydrogen-bond acceptors (Lipinski definition) is 9. The first kappa shape index (κ1) is 30.7. The maximum atomic E-state index is 13.2. The zero-order valence-corrected chi connectivity index (χ0v) is 24.9. The molecule has 224 valence electrons. The lowest BCUT2D eigenvalue weighted by molar-refractivity contribution is 0.00346. The molecule has 2 unspecified atom stereocenters. The van der Waals surface area contributed by atoms with Gasteiger partial charge in [-0.25, -0.2) is 27.7 Å². The van der Waals surface area contributed by atoms with Gasteiger partial charge in [-0.15, -0.1) is 0 Å². The van der Waals surface area contributed by atoms with Crippen LogP contribution in [-0.4, -0.2) is 71.3 Å². The van der Waals surface area contributed by atoms with Crippen molar-refractivity contribution in [2.45, 2.75) is 63.7 Å². The highest BCUT2D eigenvalue weighted by atomic mass is 32.2. The van der Waals surface area contributed by atoms with Gasteiger partial charge in [0.15, 0.2) is 0 Å². The molecule has 1 aromatic heterocycles. The van der Waals surface area contributed by atoms with Gasteiger partial charge < -0.3 is 25.2 Å². The average Bonchev–Trinajstić information content (AvgIpc) is 2.88. The number of aromatic nitrogens is 2. The third-order valence-corrected chi connectivity index (χ3v) is 7.92. The fraction of sp³-hybridized carbons (Fsp3) is 0.379. The summed E-state index contributed by atoms with van der Waals surface area (Å²) in [5.74, 6) is -1.49. The molecule has 0 saturated carbocycles. The van der Waals surface area contributed by atoms with Crippen molar-refractivity contribution in [3.05, 3.63) is 65.2 Å². The first-order valence-electron chi connectivity index (χ1n) is 13.3. The van der Waals surface area contributed by atoms with E-state index in [1.807, 2.05) is 32.0 Å². The summed E-state index contributed by atoms with van der Waals surface area (Å²) < 4.78 is 40.5. The number of aryl methyl sites for hydroxylation is 2. The fourth-order valence-electron chi connectivity index (χ4n) is 4.56. The van der Waals surface area contributed by atoms with E-state index in [1.165, 1.54) is 23.1 Å². The third kappa shape index (κ3) is 7.34. The highest BCUT2D eigenvalue weighted by molar-refractivity contribution is 7.92. The molecule has 0 aliphatic carbocycles. The van der Waals surface area contributed by atoms with Crippen LogP contribution in [-0.2, 0) is 14.8 Å². The Morgan fingerprint density at radius 1 is 1.07 bits per heavy atom. The van der Waals surface area contributed by atoms with Crippen LogP contribution in [0, 0.1) is 13.8 Å². The van der Waals surface area contributed by atoms with Gasteiger partial charge in [0.1, 0.15) is 11.7 Å². The molecule has 1 aliphatic rings. The van der Waals surface area contributed by atoms with Crippen LogP contribution in [0.1, 0.15) is 48.7 Å². The Bertz CT molecular complexity index is 1580.